The van der Waals surface area contributed by atoms with Crippen molar-refractivity contribution in [3.63, 3.8) is 0 Å². The fourth-order valence-electron chi connectivity index (χ4n) is 6.56. The Hall–Kier alpha value is -3.49. The molecule has 39 heavy (non-hydrogen) atoms. The summed E-state index contributed by atoms with van der Waals surface area (Å²) in [5, 5.41) is 2.94. The number of rotatable bonds is 6. The molecule has 1 heterocycles. The smallest absolute Gasteiger partial charge is 0.338 e. The Morgan fingerprint density at radius 2 is 1.72 bits per heavy atom. The van der Waals surface area contributed by atoms with Crippen molar-refractivity contribution in [2.24, 2.45) is 23.7 Å². The van der Waals surface area contributed by atoms with Gasteiger partial charge >= 0.3 is 5.97 Å². The molecule has 1 N–H and O–H groups in total. The van der Waals surface area contributed by atoms with Gasteiger partial charge in [0.15, 0.2) is 6.61 Å². The van der Waals surface area contributed by atoms with Crippen molar-refractivity contribution in [3.8, 4) is 0 Å². The number of carbonyl (C=O) groups excluding carboxylic acids is 4. The molecule has 2 aliphatic carbocycles. The minimum Gasteiger partial charge on any atom is -0.452 e. The highest BCUT2D eigenvalue weighted by molar-refractivity contribution is 9.10. The number of hydrogen-bond acceptors (Lipinski definition) is 5. The van der Waals surface area contributed by atoms with Gasteiger partial charge in [0.1, 0.15) is 0 Å². The molecule has 2 saturated carbocycles. The van der Waals surface area contributed by atoms with E-state index in [0.717, 1.165) is 17.3 Å². The van der Waals surface area contributed by atoms with Gasteiger partial charge in [-0.2, -0.15) is 0 Å². The lowest BCUT2D eigenvalue weighted by Gasteiger charge is -2.28. The van der Waals surface area contributed by atoms with Crippen LogP contribution in [0.15, 0.2) is 77.3 Å². The fourth-order valence-corrected chi connectivity index (χ4v) is 7.28. The van der Waals surface area contributed by atoms with Gasteiger partial charge in [-0.05, 0) is 72.6 Å². The number of nitrogens with one attached hydrogen (secondary N) is 1. The van der Waals surface area contributed by atoms with E-state index >= 15 is 0 Å². The molecule has 0 aromatic heterocycles. The summed E-state index contributed by atoms with van der Waals surface area (Å²) in [5.41, 5.74) is 2.10. The standard InChI is InChI=1S/C30H24BrClN2O5/c31-19-9-10-24(23(32)14-19)33-25(35)15-39-30(38)17-7-4-8-20(11-17)34-28(36)26-18-12-21(16-5-2-1-3-6-16)22(13-18)27(26)29(34)37/h1-11,14,18,21-22,26-27H,12-13,15H2,(H,33,35)/t18-,21+,22+,26+,27+/m0/s1. The first kappa shape index (κ1) is 25.8. The molecule has 5 atom stereocenters. The number of anilines is 2. The molecule has 3 aromatic rings. The van der Waals surface area contributed by atoms with Crippen molar-refractivity contribution in [2.75, 3.05) is 16.8 Å². The normalized spacial score (nSPS) is 25.1. The number of fused-ring (bicyclic) bond motifs is 5. The molecule has 0 spiro atoms. The Labute approximate surface area is 238 Å². The van der Waals surface area contributed by atoms with Crippen LogP contribution < -0.4 is 10.2 Å². The molecule has 198 valence electrons. The quantitative estimate of drug-likeness (QED) is 0.281. The van der Waals surface area contributed by atoms with Crippen LogP contribution in [0, 0.1) is 23.7 Å². The van der Waals surface area contributed by atoms with Gasteiger partial charge < -0.3 is 10.1 Å². The number of esters is 1. The first-order valence-corrected chi connectivity index (χ1v) is 13.9. The molecule has 3 fully saturated rings. The van der Waals surface area contributed by atoms with Crippen molar-refractivity contribution in [1.29, 1.82) is 0 Å². The molecular formula is C30H24BrClN2O5. The van der Waals surface area contributed by atoms with Gasteiger partial charge in [0.05, 0.1) is 33.8 Å². The topological polar surface area (TPSA) is 92.8 Å². The monoisotopic (exact) mass is 606 g/mol. The van der Waals surface area contributed by atoms with E-state index in [1.54, 1.807) is 30.3 Å². The maximum atomic E-state index is 13.6. The van der Waals surface area contributed by atoms with Crippen LogP contribution in [0.1, 0.15) is 34.7 Å². The van der Waals surface area contributed by atoms with Crippen molar-refractivity contribution < 1.29 is 23.9 Å². The highest BCUT2D eigenvalue weighted by Gasteiger charge is 2.64. The minimum atomic E-state index is -0.739. The van der Waals surface area contributed by atoms with Crippen LogP contribution in [-0.4, -0.2) is 30.3 Å². The molecule has 6 rings (SSSR count). The third-order valence-electron chi connectivity index (χ3n) is 8.12. The van der Waals surface area contributed by atoms with Crippen molar-refractivity contribution in [1.82, 2.24) is 0 Å². The van der Waals surface area contributed by atoms with Gasteiger partial charge in [0, 0.05) is 4.47 Å². The number of benzene rings is 3. The maximum absolute atomic E-state index is 13.6. The van der Waals surface area contributed by atoms with Crippen LogP contribution in [0.3, 0.4) is 0 Å². The van der Waals surface area contributed by atoms with E-state index in [0.29, 0.717) is 16.4 Å². The second-order valence-corrected chi connectivity index (χ2v) is 11.6. The van der Waals surface area contributed by atoms with Gasteiger partial charge in [-0.1, -0.05) is 63.9 Å². The van der Waals surface area contributed by atoms with E-state index < -0.39 is 18.5 Å². The molecule has 1 aliphatic heterocycles. The van der Waals surface area contributed by atoms with E-state index in [9.17, 15) is 19.2 Å². The van der Waals surface area contributed by atoms with Crippen LogP contribution in [0.2, 0.25) is 5.02 Å². The number of carbonyl (C=O) groups is 4. The summed E-state index contributed by atoms with van der Waals surface area (Å²) in [6.45, 7) is -0.522. The van der Waals surface area contributed by atoms with E-state index in [-0.39, 0.29) is 47.0 Å². The van der Waals surface area contributed by atoms with Crippen LogP contribution >= 0.6 is 27.5 Å². The average Bonchev–Trinajstić information content (AvgIpc) is 3.60. The third kappa shape index (κ3) is 4.66. The van der Waals surface area contributed by atoms with Crippen LogP contribution in [0.5, 0.6) is 0 Å². The Bertz CT molecular complexity index is 1500. The highest BCUT2D eigenvalue weighted by Crippen LogP contribution is 2.61. The zero-order chi connectivity index (χ0) is 27.3. The number of ether oxygens (including phenoxy) is 1. The zero-order valence-electron chi connectivity index (χ0n) is 20.7. The zero-order valence-corrected chi connectivity index (χ0v) is 23.0. The summed E-state index contributed by atoms with van der Waals surface area (Å²) < 4.78 is 5.95. The van der Waals surface area contributed by atoms with Gasteiger partial charge in [-0.25, -0.2) is 4.79 Å². The average molecular weight is 608 g/mol. The predicted molar refractivity (Wildman–Crippen MR) is 149 cm³/mol. The highest BCUT2D eigenvalue weighted by atomic mass is 79.9. The van der Waals surface area contributed by atoms with Gasteiger partial charge in [0.2, 0.25) is 11.8 Å². The molecular weight excluding hydrogens is 584 g/mol. The van der Waals surface area contributed by atoms with E-state index in [2.05, 4.69) is 33.4 Å². The van der Waals surface area contributed by atoms with Crippen molar-refractivity contribution in [2.45, 2.75) is 18.8 Å². The SMILES string of the molecule is O=C(COC(=O)c1cccc(N2C(=O)[C@@H]3[C@@H]4C[C@@H]([C@H]3C2=O)[C@@H](c2ccccc2)C4)c1)Nc1ccc(Br)cc1Cl. The minimum absolute atomic E-state index is 0.134. The second kappa shape index (κ2) is 10.2. The van der Waals surface area contributed by atoms with Crippen molar-refractivity contribution >= 4 is 62.6 Å². The fraction of sp³-hybridized carbons (Fsp3) is 0.267. The van der Waals surface area contributed by atoms with E-state index in [4.69, 9.17) is 16.3 Å². The lowest BCUT2D eigenvalue weighted by molar-refractivity contribution is -0.123. The molecule has 3 aromatic carbocycles. The number of halogens is 2. The molecule has 0 unspecified atom stereocenters. The molecule has 7 nitrogen and oxygen atoms in total. The number of imide groups is 1. The summed E-state index contributed by atoms with van der Waals surface area (Å²) in [7, 11) is 0. The molecule has 2 bridgehead atoms. The predicted octanol–water partition coefficient (Wildman–Crippen LogP) is 5.83. The summed E-state index contributed by atoms with van der Waals surface area (Å²) in [4.78, 5) is 53.3. The first-order chi connectivity index (χ1) is 18.8. The summed E-state index contributed by atoms with van der Waals surface area (Å²) in [5.74, 6) is -1.75. The molecule has 0 radical (unpaired) electrons. The third-order valence-corrected chi connectivity index (χ3v) is 8.93. The van der Waals surface area contributed by atoms with Crippen LogP contribution in [0.25, 0.3) is 0 Å². The Kier molecular flexibility index (Phi) is 6.77. The molecule has 3 aliphatic rings. The summed E-state index contributed by atoms with van der Waals surface area (Å²) >= 11 is 9.42. The van der Waals surface area contributed by atoms with Crippen LogP contribution in [-0.2, 0) is 19.1 Å². The second-order valence-electron chi connectivity index (χ2n) is 10.3. The Morgan fingerprint density at radius 1 is 0.949 bits per heavy atom. The lowest BCUT2D eigenvalue weighted by Crippen LogP contribution is -2.33. The molecule has 1 saturated heterocycles. The largest absolute Gasteiger partial charge is 0.452 e. The lowest BCUT2D eigenvalue weighted by atomic mass is 9.73. The van der Waals surface area contributed by atoms with Gasteiger partial charge in [-0.3, -0.25) is 19.3 Å². The van der Waals surface area contributed by atoms with E-state index in [1.807, 2.05) is 18.2 Å². The number of nitrogens with zero attached hydrogens (tertiary/aromatic N) is 1. The maximum Gasteiger partial charge on any atom is 0.338 e. The van der Waals surface area contributed by atoms with E-state index in [1.165, 1.54) is 22.6 Å². The van der Waals surface area contributed by atoms with Crippen LogP contribution in [0.4, 0.5) is 11.4 Å². The Morgan fingerprint density at radius 3 is 2.49 bits per heavy atom. The number of hydrogen-bond donors (Lipinski definition) is 1. The Balaban J connectivity index is 1.14. The summed E-state index contributed by atoms with van der Waals surface area (Å²) in [6, 6.07) is 21.4. The summed E-state index contributed by atoms with van der Waals surface area (Å²) in [6.07, 6.45) is 1.79. The van der Waals surface area contributed by atoms with Gasteiger partial charge in [0.25, 0.3) is 5.91 Å². The van der Waals surface area contributed by atoms with Gasteiger partial charge in [-0.15, -0.1) is 0 Å². The molecule has 9 heteroatoms. The van der Waals surface area contributed by atoms with Crippen molar-refractivity contribution in [3.05, 3.63) is 93.4 Å². The number of amides is 3. The molecule has 3 amide bonds. The first-order valence-electron chi connectivity index (χ1n) is 12.8.